The maximum absolute atomic E-state index is 12.5. The molecule has 152 valence electrons. The average Bonchev–Trinajstić information content (AvgIpc) is 3.25. The minimum atomic E-state index is -0.632. The Bertz CT molecular complexity index is 922. The predicted molar refractivity (Wildman–Crippen MR) is 106 cm³/mol. The average molecular weight is 397 g/mol. The number of benzene rings is 2. The monoisotopic (exact) mass is 397 g/mol. The van der Waals surface area contributed by atoms with Crippen molar-refractivity contribution in [2.24, 2.45) is 0 Å². The standard InChI is InChI=1S/C21H23N3O5/c1-4-18(28-17-11-9-16(27-3)10-12-17)21(25)22-13-19-23-20(24-29-19)14-5-7-15(26-2)8-6-14/h5-12,18H,4,13H2,1-3H3,(H,22,25)/t18-/m0/s1. The van der Waals surface area contributed by atoms with E-state index in [1.165, 1.54) is 0 Å². The molecular formula is C21H23N3O5. The van der Waals surface area contributed by atoms with Gasteiger partial charge in [0, 0.05) is 5.56 Å². The van der Waals surface area contributed by atoms with Gasteiger partial charge in [0.2, 0.25) is 11.7 Å². The fourth-order valence-electron chi connectivity index (χ4n) is 2.60. The summed E-state index contributed by atoms with van der Waals surface area (Å²) in [5, 5.41) is 6.72. The Morgan fingerprint density at radius 2 is 1.59 bits per heavy atom. The Morgan fingerprint density at radius 1 is 1.00 bits per heavy atom. The molecule has 1 N–H and O–H groups in total. The highest BCUT2D eigenvalue weighted by Gasteiger charge is 2.19. The molecule has 0 aliphatic carbocycles. The minimum absolute atomic E-state index is 0.116. The molecule has 1 atom stereocenters. The van der Waals surface area contributed by atoms with Crippen molar-refractivity contribution in [2.75, 3.05) is 14.2 Å². The highest BCUT2D eigenvalue weighted by molar-refractivity contribution is 5.81. The molecular weight excluding hydrogens is 374 g/mol. The Kier molecular flexibility index (Phi) is 6.67. The van der Waals surface area contributed by atoms with Crippen LogP contribution in [0.1, 0.15) is 19.2 Å². The zero-order chi connectivity index (χ0) is 20.6. The fourth-order valence-corrected chi connectivity index (χ4v) is 2.60. The van der Waals surface area contributed by atoms with Crippen LogP contribution in [0.3, 0.4) is 0 Å². The number of nitrogens with one attached hydrogen (secondary N) is 1. The van der Waals surface area contributed by atoms with E-state index in [0.29, 0.717) is 23.9 Å². The first-order valence-corrected chi connectivity index (χ1v) is 9.18. The van der Waals surface area contributed by atoms with Gasteiger partial charge in [-0.3, -0.25) is 4.79 Å². The maximum Gasteiger partial charge on any atom is 0.261 e. The third-order valence-electron chi connectivity index (χ3n) is 4.23. The summed E-state index contributed by atoms with van der Waals surface area (Å²) < 4.78 is 21.2. The molecule has 3 aromatic rings. The van der Waals surface area contributed by atoms with Crippen LogP contribution in [-0.4, -0.2) is 36.4 Å². The molecule has 0 bridgehead atoms. The van der Waals surface area contributed by atoms with Crippen LogP contribution < -0.4 is 19.5 Å². The molecule has 0 saturated carbocycles. The zero-order valence-corrected chi connectivity index (χ0v) is 16.5. The van der Waals surface area contributed by atoms with Crippen LogP contribution in [0.5, 0.6) is 17.2 Å². The van der Waals surface area contributed by atoms with Crippen molar-refractivity contribution in [3.63, 3.8) is 0 Å². The number of amides is 1. The van der Waals surface area contributed by atoms with E-state index in [9.17, 15) is 4.79 Å². The first-order valence-electron chi connectivity index (χ1n) is 9.18. The molecule has 0 radical (unpaired) electrons. The van der Waals surface area contributed by atoms with Crippen LogP contribution in [0.25, 0.3) is 11.4 Å². The van der Waals surface area contributed by atoms with Crippen LogP contribution in [0.2, 0.25) is 0 Å². The van der Waals surface area contributed by atoms with E-state index in [4.69, 9.17) is 18.7 Å². The maximum atomic E-state index is 12.5. The first kappa shape index (κ1) is 20.2. The van der Waals surface area contributed by atoms with Gasteiger partial charge >= 0.3 is 0 Å². The van der Waals surface area contributed by atoms with Crippen molar-refractivity contribution >= 4 is 5.91 Å². The van der Waals surface area contributed by atoms with Crippen LogP contribution >= 0.6 is 0 Å². The molecule has 3 rings (SSSR count). The highest BCUT2D eigenvalue weighted by Crippen LogP contribution is 2.20. The molecule has 1 amide bonds. The minimum Gasteiger partial charge on any atom is -0.497 e. The first-order chi connectivity index (χ1) is 14.1. The molecule has 0 unspecified atom stereocenters. The molecule has 0 spiro atoms. The van der Waals surface area contributed by atoms with E-state index >= 15 is 0 Å². The lowest BCUT2D eigenvalue weighted by atomic mass is 10.2. The zero-order valence-electron chi connectivity index (χ0n) is 16.5. The number of carbonyl (C=O) groups excluding carboxylic acids is 1. The van der Waals surface area contributed by atoms with Crippen molar-refractivity contribution in [3.8, 4) is 28.6 Å². The van der Waals surface area contributed by atoms with Gasteiger partial charge in [0.05, 0.1) is 20.8 Å². The van der Waals surface area contributed by atoms with Gasteiger partial charge in [-0.25, -0.2) is 0 Å². The summed E-state index contributed by atoms with van der Waals surface area (Å²) in [5.74, 6) is 2.55. The lowest BCUT2D eigenvalue weighted by molar-refractivity contribution is -0.128. The molecule has 2 aromatic carbocycles. The smallest absolute Gasteiger partial charge is 0.261 e. The molecule has 0 aliphatic heterocycles. The molecule has 0 saturated heterocycles. The van der Waals surface area contributed by atoms with Crippen molar-refractivity contribution in [2.45, 2.75) is 26.0 Å². The van der Waals surface area contributed by atoms with Crippen LogP contribution in [0.4, 0.5) is 0 Å². The van der Waals surface area contributed by atoms with Gasteiger partial charge in [-0.2, -0.15) is 4.98 Å². The van der Waals surface area contributed by atoms with Gasteiger partial charge in [-0.15, -0.1) is 0 Å². The van der Waals surface area contributed by atoms with Crippen molar-refractivity contribution in [1.29, 1.82) is 0 Å². The van der Waals surface area contributed by atoms with E-state index in [1.54, 1.807) is 38.5 Å². The molecule has 1 aromatic heterocycles. The number of rotatable bonds is 9. The molecule has 1 heterocycles. The van der Waals surface area contributed by atoms with Crippen molar-refractivity contribution in [3.05, 3.63) is 54.4 Å². The molecule has 8 nitrogen and oxygen atoms in total. The van der Waals surface area contributed by atoms with Gasteiger partial charge < -0.3 is 24.1 Å². The number of hydrogen-bond donors (Lipinski definition) is 1. The summed E-state index contributed by atoms with van der Waals surface area (Å²) in [5.41, 5.74) is 0.793. The van der Waals surface area contributed by atoms with Gasteiger partial charge in [0.25, 0.3) is 5.91 Å². The number of hydrogen-bond acceptors (Lipinski definition) is 7. The Balaban J connectivity index is 1.56. The summed E-state index contributed by atoms with van der Waals surface area (Å²) in [6, 6.07) is 14.4. The quantitative estimate of drug-likeness (QED) is 0.592. The van der Waals surface area contributed by atoms with Crippen LogP contribution in [0, 0.1) is 0 Å². The van der Waals surface area contributed by atoms with Gasteiger partial charge in [0.15, 0.2) is 6.10 Å². The predicted octanol–water partition coefficient (Wildman–Crippen LogP) is 3.23. The summed E-state index contributed by atoms with van der Waals surface area (Å²) in [6.45, 7) is 1.99. The Morgan fingerprint density at radius 3 is 2.17 bits per heavy atom. The van der Waals surface area contributed by atoms with E-state index in [0.717, 1.165) is 17.1 Å². The number of methoxy groups -OCH3 is 2. The van der Waals surface area contributed by atoms with E-state index in [1.807, 2.05) is 31.2 Å². The van der Waals surface area contributed by atoms with Gasteiger partial charge in [-0.05, 0) is 55.0 Å². The number of carbonyl (C=O) groups is 1. The second kappa shape index (κ2) is 9.59. The summed E-state index contributed by atoms with van der Waals surface area (Å²) in [4.78, 5) is 16.8. The number of ether oxygens (including phenoxy) is 3. The largest absolute Gasteiger partial charge is 0.497 e. The molecule has 0 fully saturated rings. The summed E-state index contributed by atoms with van der Waals surface area (Å²) in [7, 11) is 3.20. The van der Waals surface area contributed by atoms with Crippen LogP contribution in [0.15, 0.2) is 53.1 Å². The SMILES string of the molecule is CC[C@H](Oc1ccc(OC)cc1)C(=O)NCc1nc(-c2ccc(OC)cc2)no1. The highest BCUT2D eigenvalue weighted by atomic mass is 16.5. The number of aromatic nitrogens is 2. The summed E-state index contributed by atoms with van der Waals surface area (Å²) in [6.07, 6.45) is -0.119. The van der Waals surface area contributed by atoms with Crippen molar-refractivity contribution in [1.82, 2.24) is 15.5 Å². The Hall–Kier alpha value is -3.55. The third-order valence-corrected chi connectivity index (χ3v) is 4.23. The van der Waals surface area contributed by atoms with Crippen molar-refractivity contribution < 1.29 is 23.5 Å². The second-order valence-corrected chi connectivity index (χ2v) is 6.15. The van der Waals surface area contributed by atoms with Gasteiger partial charge in [0.1, 0.15) is 17.2 Å². The molecule has 0 aliphatic rings. The van der Waals surface area contributed by atoms with Crippen LogP contribution in [-0.2, 0) is 11.3 Å². The topological polar surface area (TPSA) is 95.7 Å². The van der Waals surface area contributed by atoms with E-state index in [-0.39, 0.29) is 12.5 Å². The summed E-state index contributed by atoms with van der Waals surface area (Å²) >= 11 is 0. The normalized spacial score (nSPS) is 11.6. The van der Waals surface area contributed by atoms with E-state index < -0.39 is 6.10 Å². The van der Waals surface area contributed by atoms with E-state index in [2.05, 4.69) is 15.5 Å². The van der Waals surface area contributed by atoms with Gasteiger partial charge in [-0.1, -0.05) is 12.1 Å². The Labute approximate surface area is 168 Å². The lowest BCUT2D eigenvalue weighted by Gasteiger charge is -2.16. The molecule has 29 heavy (non-hydrogen) atoms. The molecule has 8 heteroatoms. The second-order valence-electron chi connectivity index (χ2n) is 6.15. The number of nitrogens with zero attached hydrogens (tertiary/aromatic N) is 2. The lowest BCUT2D eigenvalue weighted by Crippen LogP contribution is -2.37. The third kappa shape index (κ3) is 5.25. The fraction of sp³-hybridized carbons (Fsp3) is 0.286.